The molecule has 26 heavy (non-hydrogen) atoms. The van der Waals surface area contributed by atoms with Crippen molar-refractivity contribution in [3.63, 3.8) is 0 Å². The zero-order valence-corrected chi connectivity index (χ0v) is 15.9. The van der Waals surface area contributed by atoms with Crippen LogP contribution in [-0.2, 0) is 14.8 Å². The molecule has 1 aromatic heterocycles. The number of aromatic nitrogens is 1. The minimum absolute atomic E-state index is 0.0570. The van der Waals surface area contributed by atoms with Crippen LogP contribution in [0.25, 0.3) is 0 Å². The van der Waals surface area contributed by atoms with Gasteiger partial charge in [-0.2, -0.15) is 4.31 Å². The molecule has 6 nitrogen and oxygen atoms in total. The Morgan fingerprint density at radius 3 is 2.46 bits per heavy atom. The molecule has 1 aliphatic heterocycles. The maximum absolute atomic E-state index is 12.6. The lowest BCUT2D eigenvalue weighted by molar-refractivity contribution is -0.120. The normalized spacial score (nSPS) is 19.4. The van der Waals surface area contributed by atoms with E-state index in [0.717, 1.165) is 5.69 Å². The van der Waals surface area contributed by atoms with Crippen molar-refractivity contribution in [2.45, 2.75) is 36.5 Å². The van der Waals surface area contributed by atoms with Gasteiger partial charge in [0, 0.05) is 30.3 Å². The van der Waals surface area contributed by atoms with Crippen LogP contribution in [0.3, 0.4) is 0 Å². The number of nitrogens with zero attached hydrogens (tertiary/aromatic N) is 2. The van der Waals surface area contributed by atoms with Gasteiger partial charge in [-0.15, -0.1) is 11.3 Å². The van der Waals surface area contributed by atoms with Gasteiger partial charge in [0.2, 0.25) is 15.9 Å². The second-order valence-electron chi connectivity index (χ2n) is 6.83. The summed E-state index contributed by atoms with van der Waals surface area (Å²) in [5.74, 6) is 0.340. The van der Waals surface area contributed by atoms with Gasteiger partial charge < -0.3 is 5.32 Å². The number of thiazole rings is 1. The fourth-order valence-electron chi connectivity index (χ4n) is 3.22. The Hall–Kier alpha value is -1.77. The first-order valence-corrected chi connectivity index (χ1v) is 11.2. The molecule has 0 unspecified atom stereocenters. The molecule has 8 heteroatoms. The molecule has 1 aromatic carbocycles. The predicted molar refractivity (Wildman–Crippen MR) is 101 cm³/mol. The first-order chi connectivity index (χ1) is 12.5. The summed E-state index contributed by atoms with van der Waals surface area (Å²) in [5, 5.41) is 5.57. The molecule has 1 amide bonds. The summed E-state index contributed by atoms with van der Waals surface area (Å²) in [7, 11) is -3.48. The lowest BCUT2D eigenvalue weighted by Gasteiger charge is -2.30. The highest BCUT2D eigenvalue weighted by molar-refractivity contribution is 7.89. The van der Waals surface area contributed by atoms with Crippen LogP contribution < -0.4 is 5.32 Å². The summed E-state index contributed by atoms with van der Waals surface area (Å²) < 4.78 is 26.8. The Labute approximate surface area is 157 Å². The van der Waals surface area contributed by atoms with Gasteiger partial charge in [-0.1, -0.05) is 18.2 Å². The Balaban J connectivity index is 1.34. The van der Waals surface area contributed by atoms with E-state index >= 15 is 0 Å². The van der Waals surface area contributed by atoms with Crippen molar-refractivity contribution in [2.75, 3.05) is 18.4 Å². The van der Waals surface area contributed by atoms with Crippen LogP contribution in [0.5, 0.6) is 0 Å². The molecule has 1 N–H and O–H groups in total. The molecule has 1 saturated carbocycles. The first-order valence-electron chi connectivity index (χ1n) is 8.85. The van der Waals surface area contributed by atoms with E-state index in [1.54, 1.807) is 30.3 Å². The third-order valence-corrected chi connectivity index (χ3v) is 7.64. The molecular weight excluding hydrogens is 370 g/mol. The van der Waals surface area contributed by atoms with E-state index in [0.29, 0.717) is 41.9 Å². The van der Waals surface area contributed by atoms with Gasteiger partial charge in [0.1, 0.15) is 0 Å². The second-order valence-corrected chi connectivity index (χ2v) is 9.63. The van der Waals surface area contributed by atoms with Crippen LogP contribution in [0, 0.1) is 5.92 Å². The van der Waals surface area contributed by atoms with Gasteiger partial charge in [-0.25, -0.2) is 13.4 Å². The number of rotatable bonds is 5. The van der Waals surface area contributed by atoms with Crippen LogP contribution in [-0.4, -0.2) is 36.7 Å². The fraction of sp³-hybridized carbons (Fsp3) is 0.444. The largest absolute Gasteiger partial charge is 0.302 e. The number of amides is 1. The standard InChI is InChI=1S/C18H21N3O3S2/c22-17(20-18-19-16(12-25-18)13-6-7-13)14-8-10-21(11-9-14)26(23,24)15-4-2-1-3-5-15/h1-5,12-14H,6-11H2,(H,19,20,22). The number of anilines is 1. The van der Waals surface area contributed by atoms with E-state index in [-0.39, 0.29) is 11.8 Å². The Bertz CT molecular complexity index is 883. The third-order valence-electron chi connectivity index (χ3n) is 4.95. The highest BCUT2D eigenvalue weighted by Gasteiger charge is 2.32. The highest BCUT2D eigenvalue weighted by Crippen LogP contribution is 2.41. The van der Waals surface area contributed by atoms with Crippen LogP contribution in [0.2, 0.25) is 0 Å². The SMILES string of the molecule is O=C(Nc1nc(C2CC2)cs1)C1CCN(S(=O)(=O)c2ccccc2)CC1. The van der Waals surface area contributed by atoms with Gasteiger partial charge in [-0.05, 0) is 37.8 Å². The Kier molecular flexibility index (Phi) is 4.81. The van der Waals surface area contributed by atoms with E-state index in [2.05, 4.69) is 10.3 Å². The molecule has 0 bridgehead atoms. The molecule has 2 aromatic rings. The maximum atomic E-state index is 12.6. The smallest absolute Gasteiger partial charge is 0.243 e. The first kappa shape index (κ1) is 17.6. The molecule has 0 radical (unpaired) electrons. The Morgan fingerprint density at radius 2 is 1.81 bits per heavy atom. The van der Waals surface area contributed by atoms with Crippen molar-refractivity contribution in [2.24, 2.45) is 5.92 Å². The number of carbonyl (C=O) groups is 1. The van der Waals surface area contributed by atoms with Gasteiger partial charge in [0.05, 0.1) is 10.6 Å². The molecule has 4 rings (SSSR count). The van der Waals surface area contributed by atoms with Crippen molar-refractivity contribution >= 4 is 32.4 Å². The van der Waals surface area contributed by atoms with Crippen LogP contribution in [0.4, 0.5) is 5.13 Å². The topological polar surface area (TPSA) is 79.4 Å². The van der Waals surface area contributed by atoms with E-state index in [9.17, 15) is 13.2 Å². The molecule has 2 heterocycles. The number of benzene rings is 1. The molecule has 0 atom stereocenters. The molecule has 1 aliphatic carbocycles. The van der Waals surface area contributed by atoms with Crippen LogP contribution >= 0.6 is 11.3 Å². The van der Waals surface area contributed by atoms with Gasteiger partial charge in [0.25, 0.3) is 0 Å². The summed E-state index contributed by atoms with van der Waals surface area (Å²) >= 11 is 1.46. The third kappa shape index (κ3) is 3.67. The monoisotopic (exact) mass is 391 g/mol. The minimum atomic E-state index is -3.48. The van der Waals surface area contributed by atoms with E-state index in [1.165, 1.54) is 28.5 Å². The Morgan fingerprint density at radius 1 is 1.12 bits per heavy atom. The lowest BCUT2D eigenvalue weighted by atomic mass is 9.97. The molecule has 0 spiro atoms. The van der Waals surface area contributed by atoms with Crippen molar-refractivity contribution in [1.82, 2.24) is 9.29 Å². The van der Waals surface area contributed by atoms with E-state index in [1.807, 2.05) is 5.38 Å². The quantitative estimate of drug-likeness (QED) is 0.850. The number of piperidine rings is 1. The van der Waals surface area contributed by atoms with Crippen LogP contribution in [0.15, 0.2) is 40.6 Å². The van der Waals surface area contributed by atoms with Crippen molar-refractivity contribution in [1.29, 1.82) is 0 Å². The summed E-state index contributed by atoms with van der Waals surface area (Å²) in [4.78, 5) is 17.3. The minimum Gasteiger partial charge on any atom is -0.302 e. The molecule has 1 saturated heterocycles. The number of hydrogen-bond donors (Lipinski definition) is 1. The van der Waals surface area contributed by atoms with Gasteiger partial charge in [0.15, 0.2) is 5.13 Å². The second kappa shape index (κ2) is 7.09. The maximum Gasteiger partial charge on any atom is 0.243 e. The molecule has 138 valence electrons. The van der Waals surface area contributed by atoms with Gasteiger partial charge in [-0.3, -0.25) is 4.79 Å². The van der Waals surface area contributed by atoms with Gasteiger partial charge >= 0.3 is 0 Å². The summed E-state index contributed by atoms with van der Waals surface area (Å²) in [5.41, 5.74) is 1.08. The number of sulfonamides is 1. The summed E-state index contributed by atoms with van der Waals surface area (Å²) in [6.45, 7) is 0.723. The lowest BCUT2D eigenvalue weighted by Crippen LogP contribution is -2.41. The number of carbonyl (C=O) groups excluding carboxylic acids is 1. The average Bonchev–Trinajstić information content (AvgIpc) is 3.42. The average molecular weight is 392 g/mol. The van der Waals surface area contributed by atoms with E-state index < -0.39 is 10.0 Å². The summed E-state index contributed by atoms with van der Waals surface area (Å²) in [6.07, 6.45) is 3.43. The highest BCUT2D eigenvalue weighted by atomic mass is 32.2. The molecule has 2 aliphatic rings. The molecule has 2 fully saturated rings. The number of hydrogen-bond acceptors (Lipinski definition) is 5. The zero-order valence-electron chi connectivity index (χ0n) is 14.3. The van der Waals surface area contributed by atoms with Crippen molar-refractivity contribution in [3.8, 4) is 0 Å². The fourth-order valence-corrected chi connectivity index (χ4v) is 5.50. The number of nitrogens with one attached hydrogen (secondary N) is 1. The molecular formula is C18H21N3O3S2. The summed E-state index contributed by atoms with van der Waals surface area (Å²) in [6, 6.07) is 8.44. The van der Waals surface area contributed by atoms with Crippen LogP contribution in [0.1, 0.15) is 37.3 Å². The van der Waals surface area contributed by atoms with E-state index in [4.69, 9.17) is 0 Å². The van der Waals surface area contributed by atoms with Crippen molar-refractivity contribution in [3.05, 3.63) is 41.4 Å². The zero-order chi connectivity index (χ0) is 18.1. The predicted octanol–water partition coefficient (Wildman–Crippen LogP) is 3.06. The van der Waals surface area contributed by atoms with Crippen molar-refractivity contribution < 1.29 is 13.2 Å².